The first-order valence-corrected chi connectivity index (χ1v) is 9.85. The van der Waals surface area contributed by atoms with E-state index in [1.165, 1.54) is 12.1 Å². The van der Waals surface area contributed by atoms with Crippen molar-refractivity contribution in [2.45, 2.75) is 37.3 Å². The number of likely N-dealkylation sites (tertiary alicyclic amines) is 1. The number of hydrogen-bond acceptors (Lipinski definition) is 6. The zero-order chi connectivity index (χ0) is 18.7. The van der Waals surface area contributed by atoms with E-state index in [1.54, 1.807) is 18.2 Å². The van der Waals surface area contributed by atoms with Gasteiger partial charge in [0.2, 0.25) is 0 Å². The number of nitrogen functional groups attached to an aromatic ring is 1. The number of ether oxygens (including phenoxy) is 1. The Morgan fingerprint density at radius 2 is 1.88 bits per heavy atom. The van der Waals surface area contributed by atoms with Crippen LogP contribution in [0.2, 0.25) is 0 Å². The van der Waals surface area contributed by atoms with Crippen molar-refractivity contribution >= 4 is 16.0 Å². The predicted molar refractivity (Wildman–Crippen MR) is 97.0 cm³/mol. The van der Waals surface area contributed by atoms with Crippen molar-refractivity contribution in [3.63, 3.8) is 0 Å². The minimum absolute atomic E-state index is 0.131. The summed E-state index contributed by atoms with van der Waals surface area (Å²) in [6.07, 6.45) is 1.91. The molecule has 0 amide bonds. The molecule has 2 N–H and O–H groups in total. The zero-order valence-electron chi connectivity index (χ0n) is 14.6. The van der Waals surface area contributed by atoms with E-state index in [-0.39, 0.29) is 11.0 Å². The third-order valence-electron chi connectivity index (χ3n) is 4.40. The van der Waals surface area contributed by atoms with E-state index >= 15 is 0 Å². The maximum absolute atomic E-state index is 12.9. The molecule has 0 saturated carbocycles. The van der Waals surface area contributed by atoms with Gasteiger partial charge in [-0.1, -0.05) is 12.1 Å². The van der Waals surface area contributed by atoms with Gasteiger partial charge in [0, 0.05) is 37.5 Å². The molecule has 26 heavy (non-hydrogen) atoms. The second-order valence-corrected chi connectivity index (χ2v) is 7.89. The Bertz CT molecular complexity index is 844. The molecule has 1 saturated heterocycles. The number of nitrogens with two attached hydrogens (primary N) is 1. The number of nitrogens with zero attached hydrogens (tertiary/aromatic N) is 2. The highest BCUT2D eigenvalue weighted by Gasteiger charge is 2.21. The van der Waals surface area contributed by atoms with Gasteiger partial charge in [-0.2, -0.15) is 8.42 Å². The highest BCUT2D eigenvalue weighted by atomic mass is 32.3. The number of hydrogen-bond donors (Lipinski definition) is 1. The van der Waals surface area contributed by atoms with E-state index in [0.29, 0.717) is 12.4 Å². The van der Waals surface area contributed by atoms with Crippen molar-refractivity contribution in [3.05, 3.63) is 47.7 Å². The van der Waals surface area contributed by atoms with Crippen LogP contribution in [0.4, 0.5) is 9.70 Å². The molecule has 1 aromatic carbocycles. The summed E-state index contributed by atoms with van der Waals surface area (Å²) in [5.41, 5.74) is 7.53. The van der Waals surface area contributed by atoms with Gasteiger partial charge in [0.1, 0.15) is 17.7 Å². The third kappa shape index (κ3) is 4.92. The molecule has 0 bridgehead atoms. The zero-order valence-corrected chi connectivity index (χ0v) is 15.4. The van der Waals surface area contributed by atoms with Gasteiger partial charge in [0.05, 0.1) is 4.90 Å². The molecule has 6 nitrogen and oxygen atoms in total. The molecule has 1 aliphatic heterocycles. The van der Waals surface area contributed by atoms with Gasteiger partial charge in [-0.15, -0.1) is 3.89 Å². The standard InChI is InChI=1S/C18H22FN3O3S/c1-13-10-16(11-18(20)21-13)25-15-6-8-22(9-7-15)12-14-2-4-17(5-3-14)26(19,23)24/h2-5,10-11,15H,6-9,12H2,1H3,(H2,20,21). The second kappa shape index (κ2) is 7.59. The van der Waals surface area contributed by atoms with Gasteiger partial charge < -0.3 is 10.5 Å². The summed E-state index contributed by atoms with van der Waals surface area (Å²) in [6, 6.07) is 9.52. The number of benzene rings is 1. The van der Waals surface area contributed by atoms with E-state index in [0.717, 1.165) is 42.9 Å². The van der Waals surface area contributed by atoms with Crippen LogP contribution in [0.1, 0.15) is 24.1 Å². The molecule has 0 aliphatic carbocycles. The number of aryl methyl sites for hydroxylation is 1. The van der Waals surface area contributed by atoms with E-state index in [1.807, 2.05) is 13.0 Å². The maximum atomic E-state index is 12.9. The Kier molecular flexibility index (Phi) is 5.43. The molecule has 2 heterocycles. The Morgan fingerprint density at radius 1 is 1.23 bits per heavy atom. The highest BCUT2D eigenvalue weighted by Crippen LogP contribution is 2.22. The summed E-state index contributed by atoms with van der Waals surface area (Å²) in [4.78, 5) is 6.10. The summed E-state index contributed by atoms with van der Waals surface area (Å²) in [6.45, 7) is 4.31. The van der Waals surface area contributed by atoms with E-state index in [4.69, 9.17) is 10.5 Å². The fourth-order valence-corrected chi connectivity index (χ4v) is 3.58. The molecule has 0 radical (unpaired) electrons. The van der Waals surface area contributed by atoms with E-state index < -0.39 is 10.2 Å². The molecular weight excluding hydrogens is 357 g/mol. The first-order chi connectivity index (χ1) is 12.3. The lowest BCUT2D eigenvalue weighted by atomic mass is 10.1. The lowest BCUT2D eigenvalue weighted by molar-refractivity contribution is 0.0967. The SMILES string of the molecule is Cc1cc(OC2CCN(Cc3ccc(S(=O)(=O)F)cc3)CC2)cc(N)n1. The molecule has 1 aliphatic rings. The molecule has 2 aromatic rings. The Balaban J connectivity index is 1.52. The first-order valence-electron chi connectivity index (χ1n) is 8.46. The first kappa shape index (κ1) is 18.6. The molecule has 1 aromatic heterocycles. The van der Waals surface area contributed by atoms with Crippen molar-refractivity contribution in [2.75, 3.05) is 18.8 Å². The Labute approximate surface area is 153 Å². The van der Waals surface area contributed by atoms with Crippen LogP contribution in [0.3, 0.4) is 0 Å². The summed E-state index contributed by atoms with van der Waals surface area (Å²) in [5, 5.41) is 0. The van der Waals surface area contributed by atoms with Gasteiger partial charge in [-0.05, 0) is 37.5 Å². The lowest BCUT2D eigenvalue weighted by Gasteiger charge is -2.32. The molecule has 8 heteroatoms. The number of halogens is 1. The van der Waals surface area contributed by atoms with Crippen molar-refractivity contribution in [2.24, 2.45) is 0 Å². The van der Waals surface area contributed by atoms with Gasteiger partial charge in [0.25, 0.3) is 0 Å². The molecule has 0 spiro atoms. The lowest BCUT2D eigenvalue weighted by Crippen LogP contribution is -2.37. The average Bonchev–Trinajstić information content (AvgIpc) is 2.55. The van der Waals surface area contributed by atoms with Crippen LogP contribution in [-0.4, -0.2) is 37.5 Å². The largest absolute Gasteiger partial charge is 0.490 e. The number of anilines is 1. The Hall–Kier alpha value is -2.19. The van der Waals surface area contributed by atoms with Crippen LogP contribution < -0.4 is 10.5 Å². The highest BCUT2D eigenvalue weighted by molar-refractivity contribution is 7.86. The topological polar surface area (TPSA) is 85.5 Å². The molecular formula is C18H22FN3O3S. The summed E-state index contributed by atoms with van der Waals surface area (Å²) in [7, 11) is -4.64. The fraction of sp³-hybridized carbons (Fsp3) is 0.389. The normalized spacial score (nSPS) is 16.5. The number of rotatable bonds is 5. The van der Waals surface area contributed by atoms with Crippen molar-refractivity contribution in [3.8, 4) is 5.75 Å². The maximum Gasteiger partial charge on any atom is 0.332 e. The Morgan fingerprint density at radius 3 is 2.46 bits per heavy atom. The van der Waals surface area contributed by atoms with Gasteiger partial charge >= 0.3 is 10.2 Å². The van der Waals surface area contributed by atoms with Crippen LogP contribution in [0, 0.1) is 6.92 Å². The predicted octanol–water partition coefficient (Wildman–Crippen LogP) is 2.67. The van der Waals surface area contributed by atoms with Crippen LogP contribution in [-0.2, 0) is 16.8 Å². The monoisotopic (exact) mass is 379 g/mol. The van der Waals surface area contributed by atoms with E-state index in [2.05, 4.69) is 9.88 Å². The van der Waals surface area contributed by atoms with Crippen molar-refractivity contribution in [1.82, 2.24) is 9.88 Å². The molecule has 1 fully saturated rings. The van der Waals surface area contributed by atoms with E-state index in [9.17, 15) is 12.3 Å². The number of pyridine rings is 1. The molecule has 0 atom stereocenters. The van der Waals surface area contributed by atoms with Crippen LogP contribution in [0.15, 0.2) is 41.3 Å². The fourth-order valence-electron chi connectivity index (χ4n) is 3.12. The molecule has 0 unspecified atom stereocenters. The quantitative estimate of drug-likeness (QED) is 0.804. The summed E-state index contributed by atoms with van der Waals surface area (Å²) >= 11 is 0. The van der Waals surface area contributed by atoms with Crippen molar-refractivity contribution < 1.29 is 17.0 Å². The van der Waals surface area contributed by atoms with Crippen LogP contribution in [0.5, 0.6) is 5.75 Å². The average molecular weight is 379 g/mol. The number of aromatic nitrogens is 1. The summed E-state index contributed by atoms with van der Waals surface area (Å²) < 4.78 is 40.7. The minimum atomic E-state index is -4.64. The number of piperidine rings is 1. The molecule has 3 rings (SSSR count). The van der Waals surface area contributed by atoms with Crippen molar-refractivity contribution in [1.29, 1.82) is 0 Å². The minimum Gasteiger partial charge on any atom is -0.490 e. The van der Waals surface area contributed by atoms with Gasteiger partial charge in [-0.25, -0.2) is 4.98 Å². The third-order valence-corrected chi connectivity index (χ3v) is 5.23. The molecule has 140 valence electrons. The van der Waals surface area contributed by atoms with Gasteiger partial charge in [-0.3, -0.25) is 4.90 Å². The second-order valence-electron chi connectivity index (χ2n) is 6.54. The summed E-state index contributed by atoms with van der Waals surface area (Å²) in [5.74, 6) is 1.20. The van der Waals surface area contributed by atoms with Gasteiger partial charge in [0.15, 0.2) is 0 Å². The van der Waals surface area contributed by atoms with Crippen LogP contribution in [0.25, 0.3) is 0 Å². The van der Waals surface area contributed by atoms with Crippen LogP contribution >= 0.6 is 0 Å². The smallest absolute Gasteiger partial charge is 0.332 e.